The van der Waals surface area contributed by atoms with Crippen LogP contribution in [0.5, 0.6) is 5.75 Å². The number of aromatic nitrogens is 4. The second kappa shape index (κ2) is 8.31. The van der Waals surface area contributed by atoms with Crippen LogP contribution in [-0.2, 0) is 11.3 Å². The highest BCUT2D eigenvalue weighted by Gasteiger charge is 2.31. The minimum Gasteiger partial charge on any atom is -0.406 e. The zero-order chi connectivity index (χ0) is 22.0. The van der Waals surface area contributed by atoms with E-state index in [1.165, 1.54) is 28.8 Å². The molecule has 4 aromatic rings. The van der Waals surface area contributed by atoms with Gasteiger partial charge < -0.3 is 14.0 Å². The lowest BCUT2D eigenvalue weighted by atomic mass is 10.1. The van der Waals surface area contributed by atoms with Crippen LogP contribution >= 0.6 is 0 Å². The topological polar surface area (TPSA) is 74.1 Å². The monoisotopic (exact) mass is 432 g/mol. The van der Waals surface area contributed by atoms with Crippen molar-refractivity contribution in [3.63, 3.8) is 0 Å². The van der Waals surface area contributed by atoms with Gasteiger partial charge in [-0.3, -0.25) is 14.5 Å². The second-order valence-corrected chi connectivity index (χ2v) is 6.71. The van der Waals surface area contributed by atoms with E-state index in [-0.39, 0.29) is 11.3 Å². The molecule has 1 aromatic carbocycles. The minimum atomic E-state index is -4.78. The van der Waals surface area contributed by atoms with Crippen LogP contribution in [-0.4, -0.2) is 38.9 Å². The zero-order valence-corrected chi connectivity index (χ0v) is 16.5. The summed E-state index contributed by atoms with van der Waals surface area (Å²) in [6.07, 6.45) is 2.04. The second-order valence-electron chi connectivity index (χ2n) is 6.71. The summed E-state index contributed by atoms with van der Waals surface area (Å²) in [5.74, 6) is -0.361. The number of aromatic amines is 1. The fraction of sp³-hybridized carbons (Fsp3) is 0.238. The Kier molecular flexibility index (Phi) is 5.55. The predicted molar refractivity (Wildman–Crippen MR) is 108 cm³/mol. The fourth-order valence-corrected chi connectivity index (χ4v) is 3.42. The molecule has 0 saturated heterocycles. The highest BCUT2D eigenvalue weighted by Crippen LogP contribution is 2.29. The molecule has 0 spiro atoms. The van der Waals surface area contributed by atoms with Crippen molar-refractivity contribution in [3.8, 4) is 22.6 Å². The first-order chi connectivity index (χ1) is 14.9. The summed E-state index contributed by atoms with van der Waals surface area (Å²) in [6, 6.07) is 7.01. The molecule has 0 aliphatic heterocycles. The van der Waals surface area contributed by atoms with Crippen molar-refractivity contribution in [1.29, 1.82) is 0 Å². The first kappa shape index (κ1) is 20.7. The predicted octanol–water partition coefficient (Wildman–Crippen LogP) is 4.12. The molecule has 4 rings (SSSR count). The van der Waals surface area contributed by atoms with Gasteiger partial charge in [0.05, 0.1) is 12.8 Å². The van der Waals surface area contributed by atoms with Crippen LogP contribution in [0.4, 0.5) is 13.2 Å². The lowest BCUT2D eigenvalue weighted by Crippen LogP contribution is -2.21. The van der Waals surface area contributed by atoms with E-state index < -0.39 is 6.36 Å². The molecule has 0 atom stereocenters. The third kappa shape index (κ3) is 4.33. The van der Waals surface area contributed by atoms with E-state index in [9.17, 15) is 18.0 Å². The molecule has 3 aromatic heterocycles. The first-order valence-corrected chi connectivity index (χ1v) is 9.55. The molecule has 1 N–H and O–H groups in total. The number of alkyl halides is 3. The maximum atomic E-state index is 13.3. The number of halogens is 3. The van der Waals surface area contributed by atoms with Gasteiger partial charge in [0.2, 0.25) is 0 Å². The Bertz CT molecular complexity index is 1230. The molecule has 0 radical (unpaired) electrons. The largest absolute Gasteiger partial charge is 0.573 e. The third-order valence-electron chi connectivity index (χ3n) is 4.77. The molecule has 31 heavy (non-hydrogen) atoms. The van der Waals surface area contributed by atoms with Crippen LogP contribution in [0.3, 0.4) is 0 Å². The number of benzene rings is 1. The molecular formula is C21H19F3N4O3. The molecule has 0 bridgehead atoms. The minimum absolute atomic E-state index is 0.298. The molecule has 0 saturated carbocycles. The zero-order valence-electron chi connectivity index (χ0n) is 16.5. The molecule has 0 amide bonds. The Morgan fingerprint density at radius 3 is 2.58 bits per heavy atom. The number of H-pyrrole nitrogens is 1. The Morgan fingerprint density at radius 1 is 1.16 bits per heavy atom. The Morgan fingerprint density at radius 2 is 1.94 bits per heavy atom. The molecule has 0 aliphatic carbocycles. The fourth-order valence-electron chi connectivity index (χ4n) is 3.42. The number of nitrogens with zero attached hydrogens (tertiary/aromatic N) is 3. The van der Waals surface area contributed by atoms with E-state index in [0.29, 0.717) is 31.0 Å². The first-order valence-electron chi connectivity index (χ1n) is 9.55. The maximum absolute atomic E-state index is 13.3. The normalized spacial score (nSPS) is 11.9. The number of rotatable bonds is 7. The summed E-state index contributed by atoms with van der Waals surface area (Å²) in [5, 5.41) is 7.48. The van der Waals surface area contributed by atoms with Gasteiger partial charge in [-0.25, -0.2) is 0 Å². The molecular weight excluding hydrogens is 413 g/mol. The van der Waals surface area contributed by atoms with Gasteiger partial charge in [0, 0.05) is 53.9 Å². The van der Waals surface area contributed by atoms with E-state index in [1.807, 2.05) is 23.8 Å². The van der Waals surface area contributed by atoms with Crippen LogP contribution < -0.4 is 10.3 Å². The van der Waals surface area contributed by atoms with Crippen molar-refractivity contribution < 1.29 is 22.6 Å². The number of ether oxygens (including phenoxy) is 2. The van der Waals surface area contributed by atoms with Gasteiger partial charge in [0.15, 0.2) is 0 Å². The summed E-state index contributed by atoms with van der Waals surface area (Å²) in [5.41, 5.74) is 2.11. The summed E-state index contributed by atoms with van der Waals surface area (Å²) in [6.45, 7) is 3.39. The van der Waals surface area contributed by atoms with Crippen molar-refractivity contribution in [2.45, 2.75) is 19.8 Å². The third-order valence-corrected chi connectivity index (χ3v) is 4.77. The van der Waals surface area contributed by atoms with Gasteiger partial charge in [-0.1, -0.05) is 0 Å². The lowest BCUT2D eigenvalue weighted by Gasteiger charge is -2.13. The number of fused-ring (bicyclic) bond motifs is 1. The lowest BCUT2D eigenvalue weighted by molar-refractivity contribution is -0.274. The molecule has 0 unspecified atom stereocenters. The van der Waals surface area contributed by atoms with Crippen molar-refractivity contribution in [3.05, 3.63) is 65.5 Å². The van der Waals surface area contributed by atoms with Crippen LogP contribution in [0, 0.1) is 0 Å². The van der Waals surface area contributed by atoms with Crippen LogP contribution in [0.2, 0.25) is 0 Å². The number of hydrogen-bond donors (Lipinski definition) is 1. The van der Waals surface area contributed by atoms with Gasteiger partial charge in [-0.05, 0) is 37.3 Å². The quantitative estimate of drug-likeness (QED) is 0.446. The SMILES string of the molecule is CCOCCn1ccc2c(-c3cn[nH]c3)cn(-c3ccc(OC(F)(F)F)cc3)c(=O)c21. The van der Waals surface area contributed by atoms with E-state index in [1.54, 1.807) is 18.6 Å². The van der Waals surface area contributed by atoms with Crippen molar-refractivity contribution >= 4 is 10.9 Å². The summed E-state index contributed by atoms with van der Waals surface area (Å²) < 4.78 is 49.9. The van der Waals surface area contributed by atoms with E-state index in [4.69, 9.17) is 4.74 Å². The van der Waals surface area contributed by atoms with E-state index in [2.05, 4.69) is 14.9 Å². The maximum Gasteiger partial charge on any atom is 0.573 e. The molecule has 0 aliphatic rings. The number of pyridine rings is 1. The van der Waals surface area contributed by atoms with Gasteiger partial charge in [0.25, 0.3) is 5.56 Å². The molecule has 7 nitrogen and oxygen atoms in total. The highest BCUT2D eigenvalue weighted by atomic mass is 19.4. The highest BCUT2D eigenvalue weighted by molar-refractivity contribution is 5.94. The Hall–Kier alpha value is -3.53. The summed E-state index contributed by atoms with van der Waals surface area (Å²) in [7, 11) is 0. The van der Waals surface area contributed by atoms with Gasteiger partial charge in [0.1, 0.15) is 11.3 Å². The molecule has 3 heterocycles. The van der Waals surface area contributed by atoms with Crippen LogP contribution in [0.15, 0.2) is 59.9 Å². The Balaban J connectivity index is 1.84. The van der Waals surface area contributed by atoms with Gasteiger partial charge in [-0.15, -0.1) is 13.2 Å². The molecule has 162 valence electrons. The van der Waals surface area contributed by atoms with E-state index >= 15 is 0 Å². The smallest absolute Gasteiger partial charge is 0.406 e. The number of hydrogen-bond acceptors (Lipinski definition) is 4. The van der Waals surface area contributed by atoms with Crippen LogP contribution in [0.25, 0.3) is 27.7 Å². The van der Waals surface area contributed by atoms with Crippen LogP contribution in [0.1, 0.15) is 6.92 Å². The van der Waals surface area contributed by atoms with Crippen molar-refractivity contribution in [2.75, 3.05) is 13.2 Å². The van der Waals surface area contributed by atoms with Crippen molar-refractivity contribution in [1.82, 2.24) is 19.3 Å². The van der Waals surface area contributed by atoms with Gasteiger partial charge >= 0.3 is 6.36 Å². The molecule has 10 heteroatoms. The summed E-state index contributed by atoms with van der Waals surface area (Å²) >= 11 is 0. The Labute approximate surface area is 174 Å². The average molecular weight is 432 g/mol. The number of nitrogens with one attached hydrogen (secondary N) is 1. The summed E-state index contributed by atoms with van der Waals surface area (Å²) in [4.78, 5) is 13.3. The standard InChI is InChI=1S/C21H19F3N4O3/c1-2-30-10-9-27-8-7-17-18(14-11-25-26-12-14)13-28(20(29)19(17)27)15-3-5-16(6-4-15)31-21(22,23)24/h3-8,11-13H,2,9-10H2,1H3,(H,25,26). The van der Waals surface area contributed by atoms with Gasteiger partial charge in [-0.2, -0.15) is 5.10 Å². The molecule has 0 fully saturated rings. The average Bonchev–Trinajstić information content (AvgIpc) is 3.39. The van der Waals surface area contributed by atoms with Crippen molar-refractivity contribution in [2.24, 2.45) is 0 Å². The van der Waals surface area contributed by atoms with E-state index in [0.717, 1.165) is 16.5 Å².